The predicted octanol–water partition coefficient (Wildman–Crippen LogP) is 2.82. The Labute approximate surface area is 92.6 Å². The number of alkyl halides is 1. The van der Waals surface area contributed by atoms with Crippen LogP contribution >= 0.6 is 27.5 Å². The Morgan fingerprint density at radius 3 is 2.85 bits per heavy atom. The second kappa shape index (κ2) is 6.41. The van der Waals surface area contributed by atoms with Crippen LogP contribution in [-0.2, 0) is 6.42 Å². The van der Waals surface area contributed by atoms with E-state index in [2.05, 4.69) is 39.4 Å². The molecular weight excluding hydrogens is 249 g/mol. The Bertz CT molecular complexity index is 252. The molecule has 1 rings (SSSR count). The standard InChI is InChI=1S/C10H13BrClN/c11-10-3-1-2-9(8-10)4-6-13-7-5-12/h1-3,8,13H,4-7H2. The molecule has 0 spiro atoms. The van der Waals surface area contributed by atoms with E-state index in [0.717, 1.165) is 24.0 Å². The fourth-order valence-corrected chi connectivity index (χ4v) is 1.70. The van der Waals surface area contributed by atoms with E-state index in [1.807, 2.05) is 6.07 Å². The summed E-state index contributed by atoms with van der Waals surface area (Å²) < 4.78 is 1.14. The van der Waals surface area contributed by atoms with Crippen molar-refractivity contribution in [1.29, 1.82) is 0 Å². The van der Waals surface area contributed by atoms with Crippen LogP contribution in [0.3, 0.4) is 0 Å². The van der Waals surface area contributed by atoms with Gasteiger partial charge in [-0.3, -0.25) is 0 Å². The van der Waals surface area contributed by atoms with E-state index in [4.69, 9.17) is 11.6 Å². The van der Waals surface area contributed by atoms with Crippen molar-refractivity contribution in [2.45, 2.75) is 6.42 Å². The zero-order valence-electron chi connectivity index (χ0n) is 7.39. The third-order valence-electron chi connectivity index (χ3n) is 1.75. The quantitative estimate of drug-likeness (QED) is 0.636. The summed E-state index contributed by atoms with van der Waals surface area (Å²) in [5.74, 6) is 0.679. The van der Waals surface area contributed by atoms with E-state index in [0.29, 0.717) is 5.88 Å². The lowest BCUT2D eigenvalue weighted by Crippen LogP contribution is -2.19. The fourth-order valence-electron chi connectivity index (χ4n) is 1.12. The minimum Gasteiger partial charge on any atom is -0.315 e. The molecule has 0 fully saturated rings. The Kier molecular flexibility index (Phi) is 5.44. The number of nitrogens with one attached hydrogen (secondary N) is 1. The summed E-state index contributed by atoms with van der Waals surface area (Å²) in [4.78, 5) is 0. The third kappa shape index (κ3) is 4.65. The van der Waals surface area contributed by atoms with E-state index in [9.17, 15) is 0 Å². The van der Waals surface area contributed by atoms with Crippen LogP contribution < -0.4 is 5.32 Å². The van der Waals surface area contributed by atoms with Crippen molar-refractivity contribution in [2.75, 3.05) is 19.0 Å². The van der Waals surface area contributed by atoms with Crippen LogP contribution in [0.25, 0.3) is 0 Å². The molecule has 0 atom stereocenters. The highest BCUT2D eigenvalue weighted by atomic mass is 79.9. The lowest BCUT2D eigenvalue weighted by molar-refractivity contribution is 0.719. The monoisotopic (exact) mass is 261 g/mol. The molecule has 1 N–H and O–H groups in total. The van der Waals surface area contributed by atoms with Crippen LogP contribution in [0.1, 0.15) is 5.56 Å². The first kappa shape index (κ1) is 11.0. The minimum atomic E-state index is 0.679. The van der Waals surface area contributed by atoms with Gasteiger partial charge in [0.25, 0.3) is 0 Å². The molecule has 1 aromatic carbocycles. The van der Waals surface area contributed by atoms with Gasteiger partial charge >= 0.3 is 0 Å². The molecule has 1 nitrogen and oxygen atoms in total. The Morgan fingerprint density at radius 2 is 2.15 bits per heavy atom. The number of rotatable bonds is 5. The molecule has 13 heavy (non-hydrogen) atoms. The van der Waals surface area contributed by atoms with E-state index < -0.39 is 0 Å². The molecule has 0 heterocycles. The second-order valence-electron chi connectivity index (χ2n) is 2.82. The van der Waals surface area contributed by atoms with Gasteiger partial charge in [-0.1, -0.05) is 28.1 Å². The van der Waals surface area contributed by atoms with Crippen molar-refractivity contribution >= 4 is 27.5 Å². The second-order valence-corrected chi connectivity index (χ2v) is 4.11. The van der Waals surface area contributed by atoms with Crippen molar-refractivity contribution in [3.8, 4) is 0 Å². The SMILES string of the molecule is ClCCNCCc1cccc(Br)c1. The number of benzene rings is 1. The zero-order chi connectivity index (χ0) is 9.52. The van der Waals surface area contributed by atoms with Crippen molar-refractivity contribution in [3.63, 3.8) is 0 Å². The average molecular weight is 263 g/mol. The first-order chi connectivity index (χ1) is 6.33. The van der Waals surface area contributed by atoms with Crippen LogP contribution in [0.4, 0.5) is 0 Å². The first-order valence-corrected chi connectivity index (χ1v) is 5.67. The van der Waals surface area contributed by atoms with Crippen LogP contribution in [0.2, 0.25) is 0 Å². The molecule has 0 aromatic heterocycles. The summed E-state index contributed by atoms with van der Waals surface area (Å²) in [6.45, 7) is 1.87. The summed E-state index contributed by atoms with van der Waals surface area (Å²) in [5.41, 5.74) is 1.34. The van der Waals surface area contributed by atoms with Gasteiger partial charge in [0.1, 0.15) is 0 Å². The minimum absolute atomic E-state index is 0.679. The summed E-state index contributed by atoms with van der Waals surface area (Å²) in [7, 11) is 0. The van der Waals surface area contributed by atoms with E-state index in [1.54, 1.807) is 0 Å². The van der Waals surface area contributed by atoms with Crippen molar-refractivity contribution < 1.29 is 0 Å². The maximum atomic E-state index is 5.54. The molecule has 72 valence electrons. The number of halogens is 2. The molecule has 0 aliphatic heterocycles. The lowest BCUT2D eigenvalue weighted by Gasteiger charge is -2.02. The molecule has 0 amide bonds. The number of hydrogen-bond acceptors (Lipinski definition) is 1. The molecule has 0 bridgehead atoms. The highest BCUT2D eigenvalue weighted by molar-refractivity contribution is 9.10. The molecular formula is C10H13BrClN. The van der Waals surface area contributed by atoms with E-state index in [-0.39, 0.29) is 0 Å². The Balaban J connectivity index is 2.28. The maximum Gasteiger partial charge on any atom is 0.0348 e. The van der Waals surface area contributed by atoms with Gasteiger partial charge in [-0.2, -0.15) is 0 Å². The van der Waals surface area contributed by atoms with Crippen molar-refractivity contribution in [2.24, 2.45) is 0 Å². The van der Waals surface area contributed by atoms with Gasteiger partial charge in [0.2, 0.25) is 0 Å². The summed E-state index contributed by atoms with van der Waals surface area (Å²) in [6, 6.07) is 8.37. The van der Waals surface area contributed by atoms with Gasteiger partial charge in [-0.05, 0) is 30.7 Å². The van der Waals surface area contributed by atoms with E-state index in [1.165, 1.54) is 5.56 Å². The highest BCUT2D eigenvalue weighted by Gasteiger charge is 1.93. The highest BCUT2D eigenvalue weighted by Crippen LogP contribution is 2.11. The van der Waals surface area contributed by atoms with Crippen molar-refractivity contribution in [3.05, 3.63) is 34.3 Å². The van der Waals surface area contributed by atoms with Crippen LogP contribution in [0.5, 0.6) is 0 Å². The number of hydrogen-bond donors (Lipinski definition) is 1. The molecule has 0 unspecified atom stereocenters. The molecule has 0 radical (unpaired) electrons. The summed E-state index contributed by atoms with van der Waals surface area (Å²) >= 11 is 8.98. The summed E-state index contributed by atoms with van der Waals surface area (Å²) in [5, 5.41) is 3.26. The topological polar surface area (TPSA) is 12.0 Å². The molecule has 1 aromatic rings. The van der Waals surface area contributed by atoms with Gasteiger partial charge in [-0.25, -0.2) is 0 Å². The zero-order valence-corrected chi connectivity index (χ0v) is 9.74. The van der Waals surface area contributed by atoms with Gasteiger partial charge in [-0.15, -0.1) is 11.6 Å². The maximum absolute atomic E-state index is 5.54. The molecule has 0 aliphatic rings. The van der Waals surface area contributed by atoms with Crippen molar-refractivity contribution in [1.82, 2.24) is 5.32 Å². The van der Waals surface area contributed by atoms with Gasteiger partial charge in [0.15, 0.2) is 0 Å². The van der Waals surface area contributed by atoms with Gasteiger partial charge < -0.3 is 5.32 Å². The van der Waals surface area contributed by atoms with E-state index >= 15 is 0 Å². The van der Waals surface area contributed by atoms with Crippen LogP contribution in [0, 0.1) is 0 Å². The summed E-state index contributed by atoms with van der Waals surface area (Å²) in [6.07, 6.45) is 1.05. The van der Waals surface area contributed by atoms with Crippen LogP contribution in [0.15, 0.2) is 28.7 Å². The first-order valence-electron chi connectivity index (χ1n) is 4.34. The molecule has 0 saturated carbocycles. The Morgan fingerprint density at radius 1 is 1.31 bits per heavy atom. The molecule has 0 aliphatic carbocycles. The van der Waals surface area contributed by atoms with Gasteiger partial charge in [0, 0.05) is 16.9 Å². The van der Waals surface area contributed by atoms with Gasteiger partial charge in [0.05, 0.1) is 0 Å². The smallest absolute Gasteiger partial charge is 0.0348 e. The molecule has 3 heteroatoms. The fraction of sp³-hybridized carbons (Fsp3) is 0.400. The lowest BCUT2D eigenvalue weighted by atomic mass is 10.1. The Hall–Kier alpha value is -0.0500. The average Bonchev–Trinajstić information content (AvgIpc) is 2.13. The third-order valence-corrected chi connectivity index (χ3v) is 2.43. The normalized spacial score (nSPS) is 10.3. The largest absolute Gasteiger partial charge is 0.315 e. The molecule has 0 saturated heterocycles. The van der Waals surface area contributed by atoms with Crippen LogP contribution in [-0.4, -0.2) is 19.0 Å². The predicted molar refractivity (Wildman–Crippen MR) is 61.4 cm³/mol.